The van der Waals surface area contributed by atoms with Crippen molar-refractivity contribution in [3.05, 3.63) is 0 Å². The molecular formula is C9H12F8S. The maximum Gasteiger partial charge on any atom is 0.347 e. The van der Waals surface area contributed by atoms with Crippen LogP contribution in [-0.4, -0.2) is 42.8 Å². The van der Waals surface area contributed by atoms with Crippen LogP contribution in [0.3, 0.4) is 0 Å². The van der Waals surface area contributed by atoms with Crippen molar-refractivity contribution in [3.63, 3.8) is 0 Å². The van der Waals surface area contributed by atoms with Crippen molar-refractivity contribution in [1.82, 2.24) is 0 Å². The molecule has 0 spiro atoms. The maximum atomic E-state index is 13.7. The first-order chi connectivity index (χ1) is 8.10. The first-order valence-corrected chi connectivity index (χ1v) is 5.43. The Bertz CT molecular complexity index is 256. The first-order valence-electron chi connectivity index (χ1n) is 4.91. The second-order valence-electron chi connectivity index (χ2n) is 3.71. The summed E-state index contributed by atoms with van der Waals surface area (Å²) in [5.41, 5.74) is -4.36. The number of thiol groups is 1. The summed E-state index contributed by atoms with van der Waals surface area (Å²) < 4.78 is 102. The van der Waals surface area contributed by atoms with Gasteiger partial charge in [-0.1, -0.05) is 0 Å². The molecule has 0 nitrogen and oxygen atoms in total. The highest BCUT2D eigenvalue weighted by Gasteiger charge is 2.71. The highest BCUT2D eigenvalue weighted by atomic mass is 32.1. The molecule has 0 saturated carbocycles. The van der Waals surface area contributed by atoms with Gasteiger partial charge in [-0.05, 0) is 6.42 Å². The molecule has 18 heavy (non-hydrogen) atoms. The van der Waals surface area contributed by atoms with E-state index in [4.69, 9.17) is 0 Å². The zero-order valence-electron chi connectivity index (χ0n) is 9.08. The van der Waals surface area contributed by atoms with E-state index < -0.39 is 55.6 Å². The Labute approximate surface area is 104 Å². The second-order valence-corrected chi connectivity index (χ2v) is 4.33. The van der Waals surface area contributed by atoms with E-state index in [0.29, 0.717) is 0 Å². The van der Waals surface area contributed by atoms with Gasteiger partial charge in [-0.2, -0.15) is 30.2 Å². The number of halogens is 8. The molecule has 110 valence electrons. The number of hydrogen-bond donors (Lipinski definition) is 1. The summed E-state index contributed by atoms with van der Waals surface area (Å²) in [5, 5.41) is -2.27. The highest BCUT2D eigenvalue weighted by Crippen LogP contribution is 2.49. The van der Waals surface area contributed by atoms with Gasteiger partial charge in [0.25, 0.3) is 0 Å². The molecular weight excluding hydrogens is 292 g/mol. The van der Waals surface area contributed by atoms with Crippen LogP contribution in [0.15, 0.2) is 0 Å². The third-order valence-corrected chi connectivity index (χ3v) is 3.16. The van der Waals surface area contributed by atoms with E-state index in [2.05, 4.69) is 12.6 Å². The fourth-order valence-electron chi connectivity index (χ4n) is 1.29. The second kappa shape index (κ2) is 6.29. The van der Waals surface area contributed by atoms with Gasteiger partial charge in [0.05, 0.1) is 13.3 Å². The van der Waals surface area contributed by atoms with Crippen molar-refractivity contribution < 1.29 is 35.1 Å². The molecule has 0 aromatic heterocycles. The molecule has 0 aliphatic carbocycles. The average Bonchev–Trinajstić information content (AvgIpc) is 2.27. The molecule has 0 saturated heterocycles. The molecule has 0 fully saturated rings. The first kappa shape index (κ1) is 17.8. The minimum absolute atomic E-state index is 0.967. The van der Waals surface area contributed by atoms with Gasteiger partial charge in [-0.25, -0.2) is 8.78 Å². The van der Waals surface area contributed by atoms with Gasteiger partial charge in [0.2, 0.25) is 5.67 Å². The molecule has 0 radical (unpaired) electrons. The van der Waals surface area contributed by atoms with Crippen LogP contribution in [0.5, 0.6) is 0 Å². The Morgan fingerprint density at radius 3 is 1.72 bits per heavy atom. The molecule has 0 aromatic rings. The smallest absolute Gasteiger partial charge is 0.251 e. The van der Waals surface area contributed by atoms with Crippen molar-refractivity contribution in [2.24, 2.45) is 0 Å². The van der Waals surface area contributed by atoms with Gasteiger partial charge in [0.15, 0.2) is 0 Å². The lowest BCUT2D eigenvalue weighted by Gasteiger charge is -2.39. The lowest BCUT2D eigenvalue weighted by molar-refractivity contribution is -0.277. The van der Waals surface area contributed by atoms with E-state index in [1.165, 1.54) is 0 Å². The molecule has 0 N–H and O–H groups in total. The van der Waals surface area contributed by atoms with E-state index in [1.54, 1.807) is 0 Å². The quantitative estimate of drug-likeness (QED) is 0.509. The Balaban J connectivity index is 5.35. The Kier molecular flexibility index (Phi) is 6.22. The standard InChI is InChI=1S/C9H12F8S/c10-3-1-6(18)7(13,5-12)9(16,17)8(14,15)2-4-11/h6,18H,1-5H2. The van der Waals surface area contributed by atoms with Crippen LogP contribution in [0, 0.1) is 0 Å². The van der Waals surface area contributed by atoms with Crippen LogP contribution in [0.25, 0.3) is 0 Å². The van der Waals surface area contributed by atoms with Crippen LogP contribution in [0.1, 0.15) is 12.8 Å². The molecule has 9 heteroatoms. The average molecular weight is 304 g/mol. The summed E-state index contributed by atoms with van der Waals surface area (Å²) >= 11 is 3.20. The zero-order valence-corrected chi connectivity index (χ0v) is 9.98. The van der Waals surface area contributed by atoms with Gasteiger partial charge >= 0.3 is 11.8 Å². The molecule has 2 atom stereocenters. The summed E-state index contributed by atoms with van der Waals surface area (Å²) in [4.78, 5) is 0. The van der Waals surface area contributed by atoms with Crippen LogP contribution in [0.4, 0.5) is 35.1 Å². The number of alkyl halides is 8. The maximum absolute atomic E-state index is 13.7. The van der Waals surface area contributed by atoms with Gasteiger partial charge in [-0.3, -0.25) is 8.78 Å². The summed E-state index contributed by atoms with van der Waals surface area (Å²) in [7, 11) is 0. The summed E-state index contributed by atoms with van der Waals surface area (Å²) in [6.45, 7) is -5.63. The number of hydrogen-bond acceptors (Lipinski definition) is 1. The van der Waals surface area contributed by atoms with Crippen molar-refractivity contribution in [2.45, 2.75) is 35.6 Å². The monoisotopic (exact) mass is 304 g/mol. The molecule has 0 aliphatic rings. The fraction of sp³-hybridized carbons (Fsp3) is 1.00. The van der Waals surface area contributed by atoms with Gasteiger partial charge in [0.1, 0.15) is 6.67 Å². The van der Waals surface area contributed by atoms with Crippen LogP contribution >= 0.6 is 12.6 Å². The number of rotatable bonds is 8. The largest absolute Gasteiger partial charge is 0.347 e. The summed E-state index contributed by atoms with van der Waals surface area (Å²) in [5.74, 6) is -10.6. The molecule has 0 amide bonds. The highest BCUT2D eigenvalue weighted by molar-refractivity contribution is 7.81. The van der Waals surface area contributed by atoms with Crippen molar-refractivity contribution >= 4 is 12.6 Å². The molecule has 0 bridgehead atoms. The van der Waals surface area contributed by atoms with E-state index in [1.807, 2.05) is 0 Å². The van der Waals surface area contributed by atoms with Crippen LogP contribution < -0.4 is 0 Å². The van der Waals surface area contributed by atoms with Crippen LogP contribution in [0.2, 0.25) is 0 Å². The normalized spacial score (nSPS) is 18.5. The third-order valence-electron chi connectivity index (χ3n) is 2.50. The predicted octanol–water partition coefficient (Wildman–Crippen LogP) is 3.95. The minimum Gasteiger partial charge on any atom is -0.251 e. The molecule has 0 rings (SSSR count). The molecule has 0 aromatic carbocycles. The van der Waals surface area contributed by atoms with Gasteiger partial charge < -0.3 is 0 Å². The third kappa shape index (κ3) is 3.03. The Morgan fingerprint density at radius 2 is 1.39 bits per heavy atom. The summed E-state index contributed by atoms with van der Waals surface area (Å²) in [6.07, 6.45) is -2.92. The van der Waals surface area contributed by atoms with Crippen molar-refractivity contribution in [2.75, 3.05) is 20.0 Å². The minimum atomic E-state index is -5.48. The lowest BCUT2D eigenvalue weighted by atomic mass is 9.87. The fourth-order valence-corrected chi connectivity index (χ4v) is 1.62. The van der Waals surface area contributed by atoms with Crippen molar-refractivity contribution in [3.8, 4) is 0 Å². The summed E-state index contributed by atoms with van der Waals surface area (Å²) in [6, 6.07) is 0. The van der Waals surface area contributed by atoms with Crippen LogP contribution in [-0.2, 0) is 0 Å². The molecule has 0 heterocycles. The van der Waals surface area contributed by atoms with E-state index >= 15 is 0 Å². The topological polar surface area (TPSA) is 0 Å². The van der Waals surface area contributed by atoms with Crippen molar-refractivity contribution in [1.29, 1.82) is 0 Å². The Morgan fingerprint density at radius 1 is 0.889 bits per heavy atom. The lowest BCUT2D eigenvalue weighted by Crippen LogP contribution is -2.62. The predicted molar refractivity (Wildman–Crippen MR) is 53.7 cm³/mol. The van der Waals surface area contributed by atoms with E-state index in [9.17, 15) is 35.1 Å². The van der Waals surface area contributed by atoms with Gasteiger partial charge in [-0.15, -0.1) is 0 Å². The van der Waals surface area contributed by atoms with E-state index in [0.717, 1.165) is 0 Å². The SMILES string of the molecule is FCCC(S)C(F)(CF)C(F)(F)C(F)(F)CCF. The van der Waals surface area contributed by atoms with Gasteiger partial charge in [0, 0.05) is 11.7 Å². The molecule has 2 unspecified atom stereocenters. The van der Waals surface area contributed by atoms with E-state index in [-0.39, 0.29) is 0 Å². The Hall–Kier alpha value is -0.210. The molecule has 0 aliphatic heterocycles. The zero-order chi connectivity index (χ0) is 14.6.